The quantitative estimate of drug-likeness (QED) is 0.748. The van der Waals surface area contributed by atoms with Gasteiger partial charge in [-0.25, -0.2) is 4.79 Å². The minimum absolute atomic E-state index is 0.302. The van der Waals surface area contributed by atoms with E-state index < -0.39 is 0 Å². The van der Waals surface area contributed by atoms with E-state index in [0.717, 1.165) is 14.7 Å². The van der Waals surface area contributed by atoms with Gasteiger partial charge in [0.15, 0.2) is 0 Å². The fourth-order valence-corrected chi connectivity index (χ4v) is 2.41. The summed E-state index contributed by atoms with van der Waals surface area (Å²) >= 11 is 2.26. The molecule has 0 aliphatic rings. The zero-order chi connectivity index (χ0) is 14.4. The second-order valence-corrected chi connectivity index (χ2v) is 5.77. The molecule has 0 spiro atoms. The summed E-state index contributed by atoms with van der Waals surface area (Å²) in [6, 6.07) is 17.7. The maximum atomic E-state index is 11.9. The van der Waals surface area contributed by atoms with E-state index in [1.807, 2.05) is 48.5 Å². The van der Waals surface area contributed by atoms with Gasteiger partial charge in [-0.15, -0.1) is 0 Å². The van der Waals surface area contributed by atoms with Crippen molar-refractivity contribution in [3.05, 3.63) is 69.3 Å². The standard InChI is InChI=1S/C16H16INO2/c1-18(11-14-8-5-9-15(17)10-14)16(19)20-12-13-6-3-2-4-7-13/h2-10H,11-12H2,1H3. The Labute approximate surface area is 132 Å². The van der Waals surface area contributed by atoms with E-state index >= 15 is 0 Å². The third-order valence-electron chi connectivity index (χ3n) is 2.83. The molecule has 3 nitrogen and oxygen atoms in total. The Hall–Kier alpha value is -1.56. The van der Waals surface area contributed by atoms with Crippen molar-refractivity contribution in [2.45, 2.75) is 13.2 Å². The lowest BCUT2D eigenvalue weighted by atomic mass is 10.2. The van der Waals surface area contributed by atoms with Crippen LogP contribution in [0.15, 0.2) is 54.6 Å². The predicted octanol–water partition coefficient (Wildman–Crippen LogP) is 4.06. The van der Waals surface area contributed by atoms with Gasteiger partial charge in [-0.2, -0.15) is 0 Å². The van der Waals surface area contributed by atoms with E-state index in [2.05, 4.69) is 28.7 Å². The summed E-state index contributed by atoms with van der Waals surface area (Å²) in [5, 5.41) is 0. The second-order valence-electron chi connectivity index (χ2n) is 4.53. The minimum atomic E-state index is -0.312. The molecule has 0 fully saturated rings. The van der Waals surface area contributed by atoms with Crippen LogP contribution >= 0.6 is 22.6 Å². The number of carbonyl (C=O) groups excluding carboxylic acids is 1. The summed E-state index contributed by atoms with van der Waals surface area (Å²) < 4.78 is 6.44. The number of halogens is 1. The van der Waals surface area contributed by atoms with Gasteiger partial charge >= 0.3 is 6.09 Å². The average molecular weight is 381 g/mol. The first kappa shape index (κ1) is 14.8. The zero-order valence-electron chi connectivity index (χ0n) is 11.3. The van der Waals surface area contributed by atoms with Gasteiger partial charge < -0.3 is 9.64 Å². The first-order valence-corrected chi connectivity index (χ1v) is 7.39. The van der Waals surface area contributed by atoms with Gasteiger partial charge in [0.2, 0.25) is 0 Å². The molecule has 0 atom stereocenters. The molecular weight excluding hydrogens is 365 g/mol. The molecule has 0 unspecified atom stereocenters. The molecule has 20 heavy (non-hydrogen) atoms. The highest BCUT2D eigenvalue weighted by Gasteiger charge is 2.10. The first-order chi connectivity index (χ1) is 9.65. The Kier molecular flexibility index (Phi) is 5.40. The Bertz CT molecular complexity index is 572. The number of rotatable bonds is 4. The molecule has 0 aromatic heterocycles. The molecule has 0 radical (unpaired) electrons. The number of benzene rings is 2. The highest BCUT2D eigenvalue weighted by Crippen LogP contribution is 2.10. The number of hydrogen-bond donors (Lipinski definition) is 0. The SMILES string of the molecule is CN(Cc1cccc(I)c1)C(=O)OCc1ccccc1. The van der Waals surface area contributed by atoms with Gasteiger partial charge in [-0.1, -0.05) is 42.5 Å². The van der Waals surface area contributed by atoms with E-state index in [1.165, 1.54) is 0 Å². The highest BCUT2D eigenvalue weighted by molar-refractivity contribution is 14.1. The molecule has 2 rings (SSSR count). The number of hydrogen-bond acceptors (Lipinski definition) is 2. The molecule has 0 bridgehead atoms. The highest BCUT2D eigenvalue weighted by atomic mass is 127. The average Bonchev–Trinajstić information content (AvgIpc) is 2.46. The molecular formula is C16H16INO2. The van der Waals surface area contributed by atoms with Crippen LogP contribution in [0.1, 0.15) is 11.1 Å². The lowest BCUT2D eigenvalue weighted by molar-refractivity contribution is 0.103. The molecule has 1 amide bonds. The normalized spacial score (nSPS) is 10.1. The van der Waals surface area contributed by atoms with Crippen molar-refractivity contribution >= 4 is 28.7 Å². The van der Waals surface area contributed by atoms with E-state index in [9.17, 15) is 4.79 Å². The smallest absolute Gasteiger partial charge is 0.410 e. The van der Waals surface area contributed by atoms with Gasteiger partial charge in [-0.05, 0) is 45.9 Å². The van der Waals surface area contributed by atoms with E-state index in [1.54, 1.807) is 11.9 Å². The van der Waals surface area contributed by atoms with Crippen molar-refractivity contribution in [2.24, 2.45) is 0 Å². The summed E-state index contributed by atoms with van der Waals surface area (Å²) in [4.78, 5) is 13.5. The van der Waals surface area contributed by atoms with Crippen LogP contribution in [-0.2, 0) is 17.9 Å². The third-order valence-corrected chi connectivity index (χ3v) is 3.50. The fraction of sp³-hybridized carbons (Fsp3) is 0.188. The van der Waals surface area contributed by atoms with Crippen LogP contribution in [0, 0.1) is 3.57 Å². The van der Waals surface area contributed by atoms with Crippen LogP contribution < -0.4 is 0 Å². The van der Waals surface area contributed by atoms with Gasteiger partial charge in [-0.3, -0.25) is 0 Å². The lowest BCUT2D eigenvalue weighted by Crippen LogP contribution is -2.26. The monoisotopic (exact) mass is 381 g/mol. The van der Waals surface area contributed by atoms with Gasteiger partial charge in [0.05, 0.1) is 0 Å². The number of ether oxygens (including phenoxy) is 1. The van der Waals surface area contributed by atoms with Crippen molar-refractivity contribution in [1.82, 2.24) is 4.90 Å². The maximum Gasteiger partial charge on any atom is 0.410 e. The second kappa shape index (κ2) is 7.28. The number of amides is 1. The summed E-state index contributed by atoms with van der Waals surface area (Å²) in [5.41, 5.74) is 2.08. The summed E-state index contributed by atoms with van der Waals surface area (Å²) in [6.45, 7) is 0.848. The largest absolute Gasteiger partial charge is 0.445 e. The Balaban J connectivity index is 1.86. The van der Waals surface area contributed by atoms with Gasteiger partial charge in [0.1, 0.15) is 6.61 Å². The van der Waals surface area contributed by atoms with Crippen LogP contribution in [0.3, 0.4) is 0 Å². The first-order valence-electron chi connectivity index (χ1n) is 6.31. The van der Waals surface area contributed by atoms with Gasteiger partial charge in [0, 0.05) is 17.2 Å². The molecule has 104 valence electrons. The van der Waals surface area contributed by atoms with Crippen LogP contribution in [0.25, 0.3) is 0 Å². The molecule has 0 aliphatic carbocycles. The minimum Gasteiger partial charge on any atom is -0.445 e. The van der Waals surface area contributed by atoms with Crippen molar-refractivity contribution in [3.63, 3.8) is 0 Å². The molecule has 0 aliphatic heterocycles. The Morgan fingerprint density at radius 3 is 2.50 bits per heavy atom. The lowest BCUT2D eigenvalue weighted by Gasteiger charge is -2.17. The molecule has 4 heteroatoms. The summed E-state index contributed by atoms with van der Waals surface area (Å²) in [6.07, 6.45) is -0.312. The van der Waals surface area contributed by atoms with E-state index in [0.29, 0.717) is 13.2 Å². The molecule has 0 heterocycles. The zero-order valence-corrected chi connectivity index (χ0v) is 13.4. The molecule has 0 saturated carbocycles. The van der Waals surface area contributed by atoms with Gasteiger partial charge in [0.25, 0.3) is 0 Å². The number of nitrogens with zero attached hydrogens (tertiary/aromatic N) is 1. The van der Waals surface area contributed by atoms with Crippen molar-refractivity contribution in [3.8, 4) is 0 Å². The van der Waals surface area contributed by atoms with Crippen LogP contribution in [0.5, 0.6) is 0 Å². The van der Waals surface area contributed by atoms with Crippen LogP contribution in [-0.4, -0.2) is 18.0 Å². The maximum absolute atomic E-state index is 11.9. The van der Waals surface area contributed by atoms with Crippen LogP contribution in [0.4, 0.5) is 4.79 Å². The molecule has 0 N–H and O–H groups in total. The molecule has 2 aromatic carbocycles. The van der Waals surface area contributed by atoms with Crippen molar-refractivity contribution in [2.75, 3.05) is 7.05 Å². The van der Waals surface area contributed by atoms with E-state index in [4.69, 9.17) is 4.74 Å². The van der Waals surface area contributed by atoms with Crippen LogP contribution in [0.2, 0.25) is 0 Å². The number of carbonyl (C=O) groups is 1. The predicted molar refractivity (Wildman–Crippen MR) is 87.3 cm³/mol. The fourth-order valence-electron chi connectivity index (χ4n) is 1.80. The topological polar surface area (TPSA) is 29.5 Å². The third kappa shape index (κ3) is 4.52. The molecule has 0 saturated heterocycles. The van der Waals surface area contributed by atoms with Crippen molar-refractivity contribution < 1.29 is 9.53 Å². The Morgan fingerprint density at radius 1 is 1.10 bits per heavy atom. The summed E-state index contributed by atoms with van der Waals surface area (Å²) in [5.74, 6) is 0. The summed E-state index contributed by atoms with van der Waals surface area (Å²) in [7, 11) is 1.74. The Morgan fingerprint density at radius 2 is 1.80 bits per heavy atom. The molecule has 2 aromatic rings. The van der Waals surface area contributed by atoms with E-state index in [-0.39, 0.29) is 6.09 Å². The van der Waals surface area contributed by atoms with Crippen molar-refractivity contribution in [1.29, 1.82) is 0 Å².